The molecule has 0 fully saturated rings. The van der Waals surface area contributed by atoms with Gasteiger partial charge >= 0.3 is 0 Å². The minimum Gasteiger partial charge on any atom is -0.497 e. The second-order valence-electron chi connectivity index (χ2n) is 7.60. The number of sulfonamides is 1. The van der Waals surface area contributed by atoms with Crippen LogP contribution in [-0.4, -0.2) is 65.2 Å². The van der Waals surface area contributed by atoms with Crippen LogP contribution in [0.2, 0.25) is 0 Å². The van der Waals surface area contributed by atoms with Crippen molar-refractivity contribution < 1.29 is 27.5 Å². The number of benzene rings is 2. The summed E-state index contributed by atoms with van der Waals surface area (Å²) in [4.78, 5) is 27.1. The lowest BCUT2D eigenvalue weighted by Crippen LogP contribution is -2.50. The van der Waals surface area contributed by atoms with Gasteiger partial charge in [-0.15, -0.1) is 0 Å². The fourth-order valence-electron chi connectivity index (χ4n) is 3.27. The maximum atomic E-state index is 13.4. The average molecular weight is 478 g/mol. The summed E-state index contributed by atoms with van der Waals surface area (Å²) in [7, 11) is 0.461. The summed E-state index contributed by atoms with van der Waals surface area (Å²) < 4.78 is 36.9. The number of nitrogens with zero attached hydrogens (tertiary/aromatic N) is 2. The fourth-order valence-corrected chi connectivity index (χ4v) is 4.11. The van der Waals surface area contributed by atoms with E-state index in [4.69, 9.17) is 9.47 Å². The van der Waals surface area contributed by atoms with Crippen LogP contribution in [0.15, 0.2) is 42.5 Å². The third-order valence-corrected chi connectivity index (χ3v) is 6.35. The van der Waals surface area contributed by atoms with Crippen molar-refractivity contribution in [1.29, 1.82) is 0 Å². The number of methoxy groups -OCH3 is 2. The molecule has 0 spiro atoms. The van der Waals surface area contributed by atoms with Gasteiger partial charge in [-0.2, -0.15) is 0 Å². The predicted octanol–water partition coefficient (Wildman–Crippen LogP) is 1.94. The predicted molar refractivity (Wildman–Crippen MR) is 127 cm³/mol. The summed E-state index contributed by atoms with van der Waals surface area (Å²) in [6.45, 7) is 3.17. The lowest BCUT2D eigenvalue weighted by atomic mass is 10.1. The van der Waals surface area contributed by atoms with Crippen LogP contribution in [0.25, 0.3) is 0 Å². The highest BCUT2D eigenvalue weighted by atomic mass is 32.2. The molecule has 1 N–H and O–H groups in total. The molecule has 0 unspecified atom stereocenters. The topological polar surface area (TPSA) is 105 Å². The Labute approximate surface area is 195 Å². The van der Waals surface area contributed by atoms with E-state index in [1.54, 1.807) is 19.1 Å². The molecule has 0 bridgehead atoms. The zero-order valence-corrected chi connectivity index (χ0v) is 20.6. The number of rotatable bonds is 10. The van der Waals surface area contributed by atoms with Crippen molar-refractivity contribution in [2.45, 2.75) is 26.4 Å². The Morgan fingerprint density at radius 3 is 2.21 bits per heavy atom. The second kappa shape index (κ2) is 11.0. The molecule has 0 aliphatic heterocycles. The van der Waals surface area contributed by atoms with E-state index in [-0.39, 0.29) is 23.9 Å². The first kappa shape index (κ1) is 26.0. The number of ether oxygens (including phenoxy) is 2. The number of hydrogen-bond donors (Lipinski definition) is 1. The van der Waals surface area contributed by atoms with E-state index in [1.807, 2.05) is 31.2 Å². The van der Waals surface area contributed by atoms with Gasteiger partial charge in [0.1, 0.15) is 24.1 Å². The molecule has 2 amide bonds. The van der Waals surface area contributed by atoms with E-state index in [0.717, 1.165) is 21.7 Å². The molecule has 180 valence electrons. The van der Waals surface area contributed by atoms with Crippen molar-refractivity contribution in [2.75, 3.05) is 38.4 Å². The Hall–Kier alpha value is -3.27. The second-order valence-corrected chi connectivity index (χ2v) is 9.51. The molecular formula is C23H31N3O6S. The number of carbonyl (C=O) groups excluding carboxylic acids is 2. The maximum Gasteiger partial charge on any atom is 0.244 e. The monoisotopic (exact) mass is 477 g/mol. The third-order valence-electron chi connectivity index (χ3n) is 5.22. The van der Waals surface area contributed by atoms with Crippen LogP contribution in [-0.2, 0) is 26.2 Å². The summed E-state index contributed by atoms with van der Waals surface area (Å²) >= 11 is 0. The number of nitrogens with one attached hydrogen (secondary N) is 1. The van der Waals surface area contributed by atoms with Crippen LogP contribution in [0, 0.1) is 6.92 Å². The number of anilines is 1. The van der Waals surface area contributed by atoms with Crippen LogP contribution in [0.3, 0.4) is 0 Å². The third kappa shape index (κ3) is 6.61. The summed E-state index contributed by atoms with van der Waals surface area (Å²) in [6, 6.07) is 11.4. The van der Waals surface area contributed by atoms with Crippen molar-refractivity contribution in [2.24, 2.45) is 0 Å². The molecule has 2 aromatic rings. The normalized spacial score (nSPS) is 11.9. The van der Waals surface area contributed by atoms with E-state index in [0.29, 0.717) is 5.75 Å². The molecule has 0 aliphatic rings. The van der Waals surface area contributed by atoms with Crippen molar-refractivity contribution in [3.63, 3.8) is 0 Å². The molecule has 2 rings (SSSR count). The average Bonchev–Trinajstić information content (AvgIpc) is 2.79. The zero-order valence-electron chi connectivity index (χ0n) is 19.8. The molecule has 0 aromatic heterocycles. The Balaban J connectivity index is 2.46. The van der Waals surface area contributed by atoms with Crippen LogP contribution < -0.4 is 19.1 Å². The molecule has 0 heterocycles. The minimum atomic E-state index is -3.88. The van der Waals surface area contributed by atoms with Gasteiger partial charge in [0.15, 0.2) is 0 Å². The highest BCUT2D eigenvalue weighted by Gasteiger charge is 2.31. The smallest absolute Gasteiger partial charge is 0.244 e. The first-order valence-corrected chi connectivity index (χ1v) is 12.1. The number of aryl methyl sites for hydroxylation is 1. The van der Waals surface area contributed by atoms with Gasteiger partial charge in [0.2, 0.25) is 21.8 Å². The van der Waals surface area contributed by atoms with Gasteiger partial charge in [0, 0.05) is 19.7 Å². The molecule has 9 nitrogen and oxygen atoms in total. The lowest BCUT2D eigenvalue weighted by Gasteiger charge is -2.31. The molecule has 1 atom stereocenters. The number of likely N-dealkylation sites (N-methyl/N-ethyl adjacent to an activating group) is 1. The van der Waals surface area contributed by atoms with E-state index >= 15 is 0 Å². The molecule has 10 heteroatoms. The van der Waals surface area contributed by atoms with Gasteiger partial charge in [-0.1, -0.05) is 29.8 Å². The Morgan fingerprint density at radius 1 is 1.06 bits per heavy atom. The Kier molecular flexibility index (Phi) is 8.69. The van der Waals surface area contributed by atoms with Crippen LogP contribution >= 0.6 is 0 Å². The summed E-state index contributed by atoms with van der Waals surface area (Å²) in [5, 5.41) is 2.54. The lowest BCUT2D eigenvalue weighted by molar-refractivity contribution is -0.139. The van der Waals surface area contributed by atoms with Gasteiger partial charge in [-0.05, 0) is 31.5 Å². The number of amides is 2. The molecule has 0 saturated heterocycles. The van der Waals surface area contributed by atoms with Crippen LogP contribution in [0.4, 0.5) is 5.69 Å². The molecule has 0 radical (unpaired) electrons. The largest absolute Gasteiger partial charge is 0.497 e. The number of carbonyl (C=O) groups is 2. The molecular weight excluding hydrogens is 446 g/mol. The minimum absolute atomic E-state index is 0.139. The first-order chi connectivity index (χ1) is 15.5. The zero-order chi connectivity index (χ0) is 24.8. The van der Waals surface area contributed by atoms with Gasteiger partial charge in [0.05, 0.1) is 26.2 Å². The van der Waals surface area contributed by atoms with E-state index in [9.17, 15) is 18.0 Å². The van der Waals surface area contributed by atoms with Crippen LogP contribution in [0.1, 0.15) is 18.1 Å². The first-order valence-electron chi connectivity index (χ1n) is 10.3. The molecule has 0 saturated carbocycles. The number of hydrogen-bond acceptors (Lipinski definition) is 6. The highest BCUT2D eigenvalue weighted by Crippen LogP contribution is 2.33. The van der Waals surface area contributed by atoms with Crippen LogP contribution in [0.5, 0.6) is 11.5 Å². The Morgan fingerprint density at radius 2 is 1.70 bits per heavy atom. The molecule has 0 aliphatic carbocycles. The highest BCUT2D eigenvalue weighted by molar-refractivity contribution is 7.92. The quantitative estimate of drug-likeness (QED) is 0.561. The SMILES string of the molecule is CNC(=O)[C@@H](C)N(Cc1ccc(C)cc1)C(=O)CN(c1cc(OC)ccc1OC)S(C)(=O)=O. The van der Waals surface area contributed by atoms with Crippen molar-refractivity contribution in [3.8, 4) is 11.5 Å². The summed E-state index contributed by atoms with van der Waals surface area (Å²) in [5.74, 6) is -0.233. The molecule has 2 aromatic carbocycles. The van der Waals surface area contributed by atoms with Gasteiger partial charge in [-0.25, -0.2) is 8.42 Å². The van der Waals surface area contributed by atoms with E-state index in [1.165, 1.54) is 32.2 Å². The summed E-state index contributed by atoms with van der Waals surface area (Å²) in [5.41, 5.74) is 2.04. The van der Waals surface area contributed by atoms with Gasteiger partial charge in [0.25, 0.3) is 0 Å². The fraction of sp³-hybridized carbons (Fsp3) is 0.391. The van der Waals surface area contributed by atoms with Gasteiger partial charge < -0.3 is 19.7 Å². The maximum absolute atomic E-state index is 13.4. The standard InChI is InChI=1S/C23H31N3O6S/c1-16-7-9-18(10-8-16)14-25(17(2)23(28)24-3)22(27)15-26(33(6,29)30)20-13-19(31-4)11-12-21(20)32-5/h7-13,17H,14-15H2,1-6H3,(H,24,28)/t17-/m1/s1. The van der Waals surface area contributed by atoms with Crippen molar-refractivity contribution in [1.82, 2.24) is 10.2 Å². The van der Waals surface area contributed by atoms with E-state index < -0.39 is 28.5 Å². The van der Waals surface area contributed by atoms with Crippen molar-refractivity contribution in [3.05, 3.63) is 53.6 Å². The van der Waals surface area contributed by atoms with E-state index in [2.05, 4.69) is 5.32 Å². The molecule has 33 heavy (non-hydrogen) atoms. The summed E-state index contributed by atoms with van der Waals surface area (Å²) in [6.07, 6.45) is 1.01. The Bertz CT molecular complexity index is 1090. The van der Waals surface area contributed by atoms with Crippen molar-refractivity contribution >= 4 is 27.5 Å². The van der Waals surface area contributed by atoms with Gasteiger partial charge in [-0.3, -0.25) is 13.9 Å².